The van der Waals surface area contributed by atoms with Gasteiger partial charge in [-0.3, -0.25) is 9.59 Å². The van der Waals surface area contributed by atoms with Gasteiger partial charge in [0.2, 0.25) is 0 Å². The van der Waals surface area contributed by atoms with E-state index in [9.17, 15) is 14.7 Å². The van der Waals surface area contributed by atoms with Crippen molar-refractivity contribution in [1.29, 1.82) is 0 Å². The molecule has 2 aromatic carbocycles. The van der Waals surface area contributed by atoms with E-state index in [1.54, 1.807) is 24.3 Å². The lowest BCUT2D eigenvalue weighted by atomic mass is 10.1. The first kappa shape index (κ1) is 16.1. The molecule has 4 rings (SSSR count). The summed E-state index contributed by atoms with van der Waals surface area (Å²) in [6.07, 6.45) is 0. The number of primary amides is 1. The number of hydrogen-bond acceptors (Lipinski definition) is 6. The number of pyridine rings is 1. The average Bonchev–Trinajstić information content (AvgIpc) is 3.04. The number of fused-ring (bicyclic) bond motifs is 2. The van der Waals surface area contributed by atoms with Crippen molar-refractivity contribution in [3.8, 4) is 5.75 Å². The van der Waals surface area contributed by atoms with Crippen LogP contribution in [0.25, 0.3) is 21.1 Å². The Morgan fingerprint density at radius 3 is 2.69 bits per heavy atom. The van der Waals surface area contributed by atoms with Crippen molar-refractivity contribution < 1.29 is 14.7 Å². The summed E-state index contributed by atoms with van der Waals surface area (Å²) in [5.74, 6) is -1.46. The summed E-state index contributed by atoms with van der Waals surface area (Å²) in [7, 11) is 0. The predicted molar refractivity (Wildman–Crippen MR) is 98.3 cm³/mol. The van der Waals surface area contributed by atoms with Gasteiger partial charge < -0.3 is 15.7 Å². The Morgan fingerprint density at radius 1 is 1.19 bits per heavy atom. The largest absolute Gasteiger partial charge is 0.506 e. The smallest absolute Gasteiger partial charge is 0.300 e. The number of carbonyl (C=O) groups is 1. The number of thiazole rings is 1. The summed E-state index contributed by atoms with van der Waals surface area (Å²) in [6, 6.07) is 14.2. The predicted octanol–water partition coefficient (Wildman–Crippen LogP) is 2.04. The second-order valence-corrected chi connectivity index (χ2v) is 6.67. The Morgan fingerprint density at radius 2 is 1.92 bits per heavy atom. The quantitative estimate of drug-likeness (QED) is 0.574. The maximum absolute atomic E-state index is 12.6. The molecule has 0 spiro atoms. The SMILES string of the molecule is NC(=O)c1c(O)c2ccccc2n(OCc2nc3ccccc3s2)c1=O. The average molecular weight is 367 g/mol. The zero-order chi connectivity index (χ0) is 18.3. The van der Waals surface area contributed by atoms with Gasteiger partial charge in [-0.25, -0.2) is 4.98 Å². The van der Waals surface area contributed by atoms with Gasteiger partial charge in [0.05, 0.1) is 15.7 Å². The summed E-state index contributed by atoms with van der Waals surface area (Å²) in [5, 5.41) is 11.2. The van der Waals surface area contributed by atoms with Crippen molar-refractivity contribution in [1.82, 2.24) is 9.71 Å². The Bertz CT molecular complexity index is 1180. The summed E-state index contributed by atoms with van der Waals surface area (Å²) in [4.78, 5) is 34.3. The molecular formula is C18H13N3O4S. The van der Waals surface area contributed by atoms with Gasteiger partial charge in [0.1, 0.15) is 16.3 Å². The van der Waals surface area contributed by atoms with Gasteiger partial charge in [-0.05, 0) is 24.3 Å². The highest BCUT2D eigenvalue weighted by atomic mass is 32.1. The third-order valence-corrected chi connectivity index (χ3v) is 4.92. The van der Waals surface area contributed by atoms with E-state index in [0.29, 0.717) is 15.9 Å². The fourth-order valence-corrected chi connectivity index (χ4v) is 3.62. The van der Waals surface area contributed by atoms with E-state index in [2.05, 4.69) is 4.98 Å². The number of carbonyl (C=O) groups excluding carboxylic acids is 1. The van der Waals surface area contributed by atoms with Gasteiger partial charge >= 0.3 is 0 Å². The van der Waals surface area contributed by atoms with Crippen LogP contribution in [0.5, 0.6) is 5.75 Å². The van der Waals surface area contributed by atoms with Crippen molar-refractivity contribution in [2.45, 2.75) is 6.61 Å². The molecule has 0 atom stereocenters. The van der Waals surface area contributed by atoms with Gasteiger partial charge in [0, 0.05) is 5.39 Å². The highest BCUT2D eigenvalue weighted by Crippen LogP contribution is 2.26. The topological polar surface area (TPSA) is 107 Å². The lowest BCUT2D eigenvalue weighted by Crippen LogP contribution is -2.33. The highest BCUT2D eigenvalue weighted by molar-refractivity contribution is 7.18. The number of aromatic hydroxyl groups is 1. The van der Waals surface area contributed by atoms with Crippen LogP contribution >= 0.6 is 11.3 Å². The molecule has 0 unspecified atom stereocenters. The Kier molecular flexibility index (Phi) is 3.81. The molecule has 7 nitrogen and oxygen atoms in total. The van der Waals surface area contributed by atoms with Crippen molar-refractivity contribution in [2.75, 3.05) is 0 Å². The molecule has 0 radical (unpaired) electrons. The number of para-hydroxylation sites is 2. The third-order valence-electron chi connectivity index (χ3n) is 3.91. The molecule has 0 aliphatic carbocycles. The minimum absolute atomic E-state index is 0.0340. The maximum atomic E-state index is 12.6. The molecule has 0 fully saturated rings. The third kappa shape index (κ3) is 2.56. The van der Waals surface area contributed by atoms with Crippen LogP contribution in [0.3, 0.4) is 0 Å². The van der Waals surface area contributed by atoms with Crippen molar-refractivity contribution >= 4 is 38.4 Å². The molecule has 8 heteroatoms. The number of nitrogens with zero attached hydrogens (tertiary/aromatic N) is 2. The molecule has 0 saturated heterocycles. The second kappa shape index (κ2) is 6.16. The molecule has 0 bridgehead atoms. The fraction of sp³-hybridized carbons (Fsp3) is 0.0556. The van der Waals surface area contributed by atoms with Gasteiger partial charge in [-0.1, -0.05) is 24.3 Å². The molecule has 3 N–H and O–H groups in total. The standard InChI is InChI=1S/C18H13N3O4S/c19-17(23)15-16(22)10-5-1-3-7-12(10)21(18(15)24)25-9-14-20-11-6-2-4-8-13(11)26-14/h1-8,22H,9H2,(H2,19,23). The van der Waals surface area contributed by atoms with Crippen LogP contribution in [0, 0.1) is 0 Å². The van der Waals surface area contributed by atoms with Crippen LogP contribution in [0.1, 0.15) is 15.4 Å². The van der Waals surface area contributed by atoms with E-state index in [1.165, 1.54) is 11.3 Å². The molecule has 1 amide bonds. The number of benzene rings is 2. The van der Waals surface area contributed by atoms with E-state index in [1.807, 2.05) is 24.3 Å². The number of nitrogens with two attached hydrogens (primary N) is 1. The minimum atomic E-state index is -1.02. The number of amides is 1. The van der Waals surface area contributed by atoms with E-state index < -0.39 is 22.8 Å². The Labute approximate surface area is 150 Å². The lowest BCUT2D eigenvalue weighted by molar-refractivity contribution is 0.0926. The number of aromatic nitrogens is 2. The summed E-state index contributed by atoms with van der Waals surface area (Å²) in [6.45, 7) is 0.0340. The van der Waals surface area contributed by atoms with E-state index in [-0.39, 0.29) is 6.61 Å². The second-order valence-electron chi connectivity index (χ2n) is 5.55. The fourth-order valence-electron chi connectivity index (χ4n) is 2.75. The van der Waals surface area contributed by atoms with Crippen molar-refractivity contribution in [2.24, 2.45) is 5.73 Å². The van der Waals surface area contributed by atoms with Crippen molar-refractivity contribution in [3.63, 3.8) is 0 Å². The molecule has 130 valence electrons. The molecule has 4 aromatic rings. The molecule has 0 aliphatic heterocycles. The molecule has 0 aliphatic rings. The molecule has 2 heterocycles. The van der Waals surface area contributed by atoms with Crippen LogP contribution in [0.4, 0.5) is 0 Å². The monoisotopic (exact) mass is 367 g/mol. The van der Waals surface area contributed by atoms with E-state index in [4.69, 9.17) is 10.6 Å². The Balaban J connectivity index is 1.80. The summed E-state index contributed by atoms with van der Waals surface area (Å²) in [5.41, 5.74) is 5.12. The molecule has 26 heavy (non-hydrogen) atoms. The van der Waals surface area contributed by atoms with Gasteiger partial charge in [0.15, 0.2) is 6.61 Å². The first-order valence-electron chi connectivity index (χ1n) is 7.70. The first-order chi connectivity index (χ1) is 12.6. The zero-order valence-electron chi connectivity index (χ0n) is 13.4. The van der Waals surface area contributed by atoms with Gasteiger partial charge in [-0.15, -0.1) is 16.1 Å². The summed E-state index contributed by atoms with van der Waals surface area (Å²) >= 11 is 1.45. The van der Waals surface area contributed by atoms with Gasteiger partial charge in [-0.2, -0.15) is 0 Å². The van der Waals surface area contributed by atoms with Crippen LogP contribution in [0.2, 0.25) is 0 Å². The maximum Gasteiger partial charge on any atom is 0.300 e. The molecule has 0 saturated carbocycles. The summed E-state index contributed by atoms with van der Waals surface area (Å²) < 4.78 is 1.98. The zero-order valence-corrected chi connectivity index (χ0v) is 14.2. The number of rotatable bonds is 4. The van der Waals surface area contributed by atoms with Crippen LogP contribution in [-0.4, -0.2) is 20.7 Å². The van der Waals surface area contributed by atoms with Gasteiger partial charge in [0.25, 0.3) is 11.5 Å². The Hall–Kier alpha value is -3.39. The minimum Gasteiger partial charge on any atom is -0.506 e. The lowest BCUT2D eigenvalue weighted by Gasteiger charge is -2.13. The molecule has 2 aromatic heterocycles. The van der Waals surface area contributed by atoms with E-state index >= 15 is 0 Å². The van der Waals surface area contributed by atoms with Crippen LogP contribution in [-0.2, 0) is 6.61 Å². The normalized spacial score (nSPS) is 11.1. The van der Waals surface area contributed by atoms with Crippen molar-refractivity contribution in [3.05, 3.63) is 69.5 Å². The van der Waals surface area contributed by atoms with Crippen LogP contribution < -0.4 is 16.1 Å². The van der Waals surface area contributed by atoms with E-state index in [0.717, 1.165) is 14.9 Å². The number of hydrogen-bond donors (Lipinski definition) is 2. The van der Waals surface area contributed by atoms with Crippen LogP contribution in [0.15, 0.2) is 53.3 Å². The first-order valence-corrected chi connectivity index (χ1v) is 8.52. The highest BCUT2D eigenvalue weighted by Gasteiger charge is 2.21. The molecular weight excluding hydrogens is 354 g/mol.